The maximum atomic E-state index is 12.4. The topological polar surface area (TPSA) is 41.6 Å². The number of ether oxygens (including phenoxy) is 1. The van der Waals surface area contributed by atoms with E-state index in [0.717, 1.165) is 43.8 Å². The molecule has 1 aliphatic heterocycles. The maximum absolute atomic E-state index is 12.4. The number of nitrogens with one attached hydrogen (secondary N) is 1. The average molecular weight is 367 g/mol. The van der Waals surface area contributed by atoms with E-state index in [1.807, 2.05) is 18.2 Å². The molecule has 0 radical (unpaired) electrons. The molecule has 3 rings (SSSR count). The van der Waals surface area contributed by atoms with E-state index >= 15 is 0 Å². The van der Waals surface area contributed by atoms with Gasteiger partial charge in [0.2, 0.25) is 5.91 Å². The van der Waals surface area contributed by atoms with Crippen LogP contribution in [-0.4, -0.2) is 37.0 Å². The van der Waals surface area contributed by atoms with Gasteiger partial charge in [0.25, 0.3) is 0 Å². The first-order valence-corrected chi connectivity index (χ1v) is 9.86. The number of carbonyl (C=O) groups excluding carboxylic acids is 1. The Morgan fingerprint density at radius 3 is 2.56 bits per heavy atom. The molecule has 2 aromatic carbocycles. The SMILES string of the molecule is Cc1cccc(OCCNC(=O)C2CCN(Cc3ccccc3)CC2)c1C. The van der Waals surface area contributed by atoms with Gasteiger partial charge in [-0.25, -0.2) is 0 Å². The van der Waals surface area contributed by atoms with Gasteiger partial charge in [0, 0.05) is 12.5 Å². The van der Waals surface area contributed by atoms with Gasteiger partial charge in [-0.05, 0) is 62.5 Å². The van der Waals surface area contributed by atoms with Crippen molar-refractivity contribution in [3.8, 4) is 5.75 Å². The van der Waals surface area contributed by atoms with Crippen LogP contribution in [0.3, 0.4) is 0 Å². The van der Waals surface area contributed by atoms with E-state index in [9.17, 15) is 4.79 Å². The van der Waals surface area contributed by atoms with E-state index in [1.54, 1.807) is 0 Å². The first-order valence-electron chi connectivity index (χ1n) is 9.86. The summed E-state index contributed by atoms with van der Waals surface area (Å²) < 4.78 is 5.82. The summed E-state index contributed by atoms with van der Waals surface area (Å²) in [6.45, 7) is 8.12. The fourth-order valence-electron chi connectivity index (χ4n) is 3.55. The van der Waals surface area contributed by atoms with E-state index in [2.05, 4.69) is 54.4 Å². The summed E-state index contributed by atoms with van der Waals surface area (Å²) in [6, 6.07) is 16.6. The highest BCUT2D eigenvalue weighted by atomic mass is 16.5. The minimum atomic E-state index is 0.123. The van der Waals surface area contributed by atoms with Gasteiger partial charge in [-0.1, -0.05) is 42.5 Å². The molecular weight excluding hydrogens is 336 g/mol. The van der Waals surface area contributed by atoms with E-state index in [4.69, 9.17) is 4.74 Å². The Kier molecular flexibility index (Phi) is 6.88. The summed E-state index contributed by atoms with van der Waals surface area (Å²) in [6.07, 6.45) is 1.85. The van der Waals surface area contributed by atoms with Crippen LogP contribution in [0.2, 0.25) is 0 Å². The molecule has 0 unspecified atom stereocenters. The summed E-state index contributed by atoms with van der Waals surface area (Å²) in [4.78, 5) is 14.8. The molecule has 0 spiro atoms. The van der Waals surface area contributed by atoms with Crippen LogP contribution in [0.15, 0.2) is 48.5 Å². The summed E-state index contributed by atoms with van der Waals surface area (Å²) in [7, 11) is 0. The van der Waals surface area contributed by atoms with Crippen LogP contribution in [0.1, 0.15) is 29.5 Å². The number of piperidine rings is 1. The molecule has 27 heavy (non-hydrogen) atoms. The zero-order valence-corrected chi connectivity index (χ0v) is 16.4. The van der Waals surface area contributed by atoms with Crippen LogP contribution < -0.4 is 10.1 Å². The zero-order valence-electron chi connectivity index (χ0n) is 16.4. The fourth-order valence-corrected chi connectivity index (χ4v) is 3.55. The van der Waals surface area contributed by atoms with Gasteiger partial charge in [0.05, 0.1) is 6.54 Å². The second-order valence-corrected chi connectivity index (χ2v) is 7.37. The van der Waals surface area contributed by atoms with Crippen LogP contribution in [0.25, 0.3) is 0 Å². The maximum Gasteiger partial charge on any atom is 0.223 e. The van der Waals surface area contributed by atoms with Crippen LogP contribution in [0.5, 0.6) is 5.75 Å². The van der Waals surface area contributed by atoms with E-state index < -0.39 is 0 Å². The second kappa shape index (κ2) is 9.56. The highest BCUT2D eigenvalue weighted by Crippen LogP contribution is 2.21. The molecule has 1 fully saturated rings. The molecule has 1 amide bonds. The van der Waals surface area contributed by atoms with Crippen LogP contribution in [-0.2, 0) is 11.3 Å². The van der Waals surface area contributed by atoms with Crippen LogP contribution in [0, 0.1) is 19.8 Å². The summed E-state index contributed by atoms with van der Waals surface area (Å²) in [5, 5.41) is 3.04. The van der Waals surface area contributed by atoms with Gasteiger partial charge in [-0.2, -0.15) is 0 Å². The Balaban J connectivity index is 1.35. The Morgan fingerprint density at radius 1 is 1.07 bits per heavy atom. The Labute approximate surface area is 162 Å². The number of aryl methyl sites for hydroxylation is 1. The molecule has 1 aliphatic rings. The average Bonchev–Trinajstić information content (AvgIpc) is 2.69. The molecule has 4 heteroatoms. The van der Waals surface area contributed by atoms with Gasteiger partial charge in [0.15, 0.2) is 0 Å². The van der Waals surface area contributed by atoms with Gasteiger partial charge in [0.1, 0.15) is 12.4 Å². The van der Waals surface area contributed by atoms with Crippen LogP contribution in [0.4, 0.5) is 0 Å². The number of nitrogens with zero attached hydrogens (tertiary/aromatic N) is 1. The number of rotatable bonds is 7. The molecule has 0 aliphatic carbocycles. The smallest absolute Gasteiger partial charge is 0.223 e. The monoisotopic (exact) mass is 366 g/mol. The Hall–Kier alpha value is -2.33. The number of benzene rings is 2. The van der Waals surface area contributed by atoms with E-state index in [-0.39, 0.29) is 11.8 Å². The fraction of sp³-hybridized carbons (Fsp3) is 0.435. The van der Waals surface area contributed by atoms with Crippen molar-refractivity contribution in [2.75, 3.05) is 26.2 Å². The predicted octanol–water partition coefficient (Wildman–Crippen LogP) is 3.71. The summed E-state index contributed by atoms with van der Waals surface area (Å²) >= 11 is 0. The highest BCUT2D eigenvalue weighted by molar-refractivity contribution is 5.78. The predicted molar refractivity (Wildman–Crippen MR) is 109 cm³/mol. The lowest BCUT2D eigenvalue weighted by atomic mass is 9.95. The third-order valence-corrected chi connectivity index (χ3v) is 5.42. The van der Waals surface area contributed by atoms with Crippen molar-refractivity contribution in [3.63, 3.8) is 0 Å². The largest absolute Gasteiger partial charge is 0.491 e. The lowest BCUT2D eigenvalue weighted by molar-refractivity contribution is -0.126. The standard InChI is InChI=1S/C23H30N2O2/c1-18-7-6-10-22(19(18)2)27-16-13-24-23(26)21-11-14-25(15-12-21)17-20-8-4-3-5-9-20/h3-10,21H,11-17H2,1-2H3,(H,24,26). The number of likely N-dealkylation sites (tertiary alicyclic amines) is 1. The molecule has 0 aromatic heterocycles. The van der Waals surface area contributed by atoms with Gasteiger partial charge in [-0.3, -0.25) is 9.69 Å². The lowest BCUT2D eigenvalue weighted by Gasteiger charge is -2.31. The van der Waals surface area contributed by atoms with Gasteiger partial charge >= 0.3 is 0 Å². The quantitative estimate of drug-likeness (QED) is 0.760. The van der Waals surface area contributed by atoms with Crippen molar-refractivity contribution in [2.45, 2.75) is 33.2 Å². The molecule has 0 bridgehead atoms. The zero-order chi connectivity index (χ0) is 19.1. The lowest BCUT2D eigenvalue weighted by Crippen LogP contribution is -2.41. The van der Waals surface area contributed by atoms with Crippen molar-refractivity contribution in [2.24, 2.45) is 5.92 Å². The normalized spacial score (nSPS) is 15.5. The van der Waals surface area contributed by atoms with Crippen LogP contribution >= 0.6 is 0 Å². The molecule has 2 aromatic rings. The number of amides is 1. The van der Waals surface area contributed by atoms with E-state index in [1.165, 1.54) is 11.1 Å². The molecule has 1 saturated heterocycles. The van der Waals surface area contributed by atoms with Crippen molar-refractivity contribution in [1.29, 1.82) is 0 Å². The molecule has 144 valence electrons. The first-order chi connectivity index (χ1) is 13.1. The molecule has 4 nitrogen and oxygen atoms in total. The number of carbonyl (C=O) groups is 1. The summed E-state index contributed by atoms with van der Waals surface area (Å²) in [5.74, 6) is 1.19. The van der Waals surface area contributed by atoms with Gasteiger partial charge in [-0.15, -0.1) is 0 Å². The van der Waals surface area contributed by atoms with Crippen molar-refractivity contribution >= 4 is 5.91 Å². The van der Waals surface area contributed by atoms with Crippen molar-refractivity contribution < 1.29 is 9.53 Å². The molecule has 1 heterocycles. The number of hydrogen-bond donors (Lipinski definition) is 1. The van der Waals surface area contributed by atoms with Crippen molar-refractivity contribution in [3.05, 3.63) is 65.2 Å². The Morgan fingerprint density at radius 2 is 1.81 bits per heavy atom. The molecular formula is C23H30N2O2. The Bertz CT molecular complexity index is 737. The molecule has 0 saturated carbocycles. The minimum Gasteiger partial charge on any atom is -0.491 e. The first kappa shape index (κ1) is 19.4. The highest BCUT2D eigenvalue weighted by Gasteiger charge is 2.24. The second-order valence-electron chi connectivity index (χ2n) is 7.37. The van der Waals surface area contributed by atoms with Gasteiger partial charge < -0.3 is 10.1 Å². The van der Waals surface area contributed by atoms with Crippen molar-refractivity contribution in [1.82, 2.24) is 10.2 Å². The van der Waals surface area contributed by atoms with E-state index in [0.29, 0.717) is 13.2 Å². The molecule has 1 N–H and O–H groups in total. The summed E-state index contributed by atoms with van der Waals surface area (Å²) in [5.41, 5.74) is 3.72. The molecule has 0 atom stereocenters. The number of hydrogen-bond acceptors (Lipinski definition) is 3. The third-order valence-electron chi connectivity index (χ3n) is 5.42. The third kappa shape index (κ3) is 5.57. The minimum absolute atomic E-state index is 0.123.